The van der Waals surface area contributed by atoms with Crippen LogP contribution in [0.1, 0.15) is 12.0 Å². The Morgan fingerprint density at radius 1 is 1.29 bits per heavy atom. The van der Waals surface area contributed by atoms with Crippen LogP contribution >= 0.6 is 22.9 Å². The number of rotatable bonds is 6. The van der Waals surface area contributed by atoms with Crippen molar-refractivity contribution in [3.63, 3.8) is 0 Å². The maximum Gasteiger partial charge on any atom is 0.249 e. The molecule has 0 aliphatic rings. The Morgan fingerprint density at radius 3 is 2.68 bits per heavy atom. The minimum Gasteiger partial charge on any atom is -0.312 e. The van der Waals surface area contributed by atoms with Crippen molar-refractivity contribution in [1.82, 2.24) is 4.57 Å². The normalized spacial score (nSPS) is 12.4. The highest BCUT2D eigenvalue weighted by atomic mass is 35.5. The quantitative estimate of drug-likeness (QED) is 0.547. The number of nitrogens with zero attached hydrogens (tertiary/aromatic N) is 2. The van der Waals surface area contributed by atoms with E-state index in [1.54, 1.807) is 24.3 Å². The number of carbonyl (C=O) groups is 1. The number of sulfone groups is 1. The first-order valence-corrected chi connectivity index (χ1v) is 11.4. The lowest BCUT2D eigenvalue weighted by molar-refractivity contribution is -0.117. The molecule has 1 amide bonds. The third-order valence-corrected chi connectivity index (χ3v) is 7.13. The van der Waals surface area contributed by atoms with Gasteiger partial charge in [-0.3, -0.25) is 4.79 Å². The van der Waals surface area contributed by atoms with E-state index in [1.807, 2.05) is 23.6 Å². The van der Waals surface area contributed by atoms with E-state index >= 15 is 0 Å². The molecule has 0 fully saturated rings. The van der Waals surface area contributed by atoms with Gasteiger partial charge < -0.3 is 4.57 Å². The molecule has 0 unspecified atom stereocenters. The summed E-state index contributed by atoms with van der Waals surface area (Å²) in [6.07, 6.45) is 1.54. The number of aromatic nitrogens is 1. The Balaban J connectivity index is 1.91. The summed E-state index contributed by atoms with van der Waals surface area (Å²) in [5.74, 6) is -0.760. The maximum atomic E-state index is 12.4. The number of fused-ring (bicyclic) bond motifs is 1. The topological polar surface area (TPSA) is 68.5 Å². The second kappa shape index (κ2) is 8.43. The molecule has 146 valence electrons. The molecule has 8 heteroatoms. The average Bonchev–Trinajstić information content (AvgIpc) is 2.98. The molecular formula is C20H19ClN2O3S2. The molecule has 0 saturated heterocycles. The van der Waals surface area contributed by atoms with Crippen molar-refractivity contribution in [2.45, 2.75) is 24.8 Å². The van der Waals surface area contributed by atoms with Gasteiger partial charge in [0.15, 0.2) is 14.6 Å². The molecular weight excluding hydrogens is 416 g/mol. The van der Waals surface area contributed by atoms with Crippen LogP contribution in [0.4, 0.5) is 0 Å². The minimum atomic E-state index is -3.52. The standard InChI is InChI=1S/C20H19ClN2O3S2/c1-3-10-23-19-14(2)12-15(21)13-17(19)27-20(23)22-18(24)9-11-28(25,26)16-7-5-4-6-8-16/h3-8,12-13H,1,9-11H2,2H3. The monoisotopic (exact) mass is 434 g/mol. The van der Waals surface area contributed by atoms with Crippen molar-refractivity contribution in [3.05, 3.63) is 70.5 Å². The SMILES string of the molecule is C=CCn1c(=NC(=O)CCS(=O)(=O)c2ccccc2)sc2cc(Cl)cc(C)c21. The van der Waals surface area contributed by atoms with Crippen molar-refractivity contribution in [3.8, 4) is 0 Å². The third-order valence-electron chi connectivity index (χ3n) is 4.15. The number of amides is 1. The molecule has 0 aliphatic heterocycles. The van der Waals surface area contributed by atoms with Crippen molar-refractivity contribution in [2.75, 3.05) is 5.75 Å². The molecule has 2 aromatic carbocycles. The zero-order valence-corrected chi connectivity index (χ0v) is 17.6. The lowest BCUT2D eigenvalue weighted by atomic mass is 10.2. The van der Waals surface area contributed by atoms with E-state index in [0.29, 0.717) is 16.4 Å². The fourth-order valence-electron chi connectivity index (χ4n) is 2.89. The van der Waals surface area contributed by atoms with E-state index in [2.05, 4.69) is 11.6 Å². The predicted molar refractivity (Wildman–Crippen MR) is 113 cm³/mol. The van der Waals surface area contributed by atoms with Crippen LogP contribution in [0.15, 0.2) is 65.0 Å². The van der Waals surface area contributed by atoms with E-state index in [0.717, 1.165) is 15.8 Å². The van der Waals surface area contributed by atoms with Crippen molar-refractivity contribution < 1.29 is 13.2 Å². The summed E-state index contributed by atoms with van der Waals surface area (Å²) in [4.78, 5) is 17.3. The zero-order chi connectivity index (χ0) is 20.3. The summed E-state index contributed by atoms with van der Waals surface area (Å²) in [6.45, 7) is 6.19. The largest absolute Gasteiger partial charge is 0.312 e. The van der Waals surface area contributed by atoms with E-state index in [-0.39, 0.29) is 17.1 Å². The summed E-state index contributed by atoms with van der Waals surface area (Å²) >= 11 is 7.48. The lowest BCUT2D eigenvalue weighted by Crippen LogP contribution is -2.18. The highest BCUT2D eigenvalue weighted by molar-refractivity contribution is 7.91. The van der Waals surface area contributed by atoms with Gasteiger partial charge in [-0.2, -0.15) is 4.99 Å². The zero-order valence-electron chi connectivity index (χ0n) is 15.3. The van der Waals surface area contributed by atoms with Gasteiger partial charge in [0.1, 0.15) is 0 Å². The Labute approximate surface area is 172 Å². The van der Waals surface area contributed by atoms with Crippen LogP contribution in [0.5, 0.6) is 0 Å². The van der Waals surface area contributed by atoms with Crippen LogP contribution < -0.4 is 4.80 Å². The molecule has 3 rings (SSSR count). The van der Waals surface area contributed by atoms with Gasteiger partial charge in [0.2, 0.25) is 5.91 Å². The van der Waals surface area contributed by atoms with E-state index in [9.17, 15) is 13.2 Å². The molecule has 0 saturated carbocycles. The fourth-order valence-corrected chi connectivity index (χ4v) is 5.65. The maximum absolute atomic E-state index is 12.4. The highest BCUT2D eigenvalue weighted by Crippen LogP contribution is 2.26. The molecule has 0 N–H and O–H groups in total. The number of aryl methyl sites for hydroxylation is 1. The average molecular weight is 435 g/mol. The molecule has 28 heavy (non-hydrogen) atoms. The van der Waals surface area contributed by atoms with E-state index in [4.69, 9.17) is 11.6 Å². The Hall–Kier alpha value is -2.22. The van der Waals surface area contributed by atoms with Crippen molar-refractivity contribution >= 4 is 48.9 Å². The molecule has 1 aromatic heterocycles. The number of hydrogen-bond acceptors (Lipinski definition) is 4. The van der Waals surface area contributed by atoms with Crippen molar-refractivity contribution in [1.29, 1.82) is 0 Å². The molecule has 0 aliphatic carbocycles. The molecule has 0 atom stereocenters. The third kappa shape index (κ3) is 4.43. The van der Waals surface area contributed by atoms with Gasteiger partial charge in [-0.05, 0) is 36.8 Å². The van der Waals surface area contributed by atoms with Crippen LogP contribution in [0.3, 0.4) is 0 Å². The molecule has 0 bridgehead atoms. The van der Waals surface area contributed by atoms with Crippen LogP contribution in [0.2, 0.25) is 5.02 Å². The molecule has 0 radical (unpaired) electrons. The van der Waals surface area contributed by atoms with Crippen LogP contribution in [-0.2, 0) is 21.2 Å². The van der Waals surface area contributed by atoms with Gasteiger partial charge in [-0.15, -0.1) is 6.58 Å². The molecule has 3 aromatic rings. The van der Waals surface area contributed by atoms with E-state index < -0.39 is 15.7 Å². The van der Waals surface area contributed by atoms with Gasteiger partial charge in [-0.25, -0.2) is 8.42 Å². The van der Waals surface area contributed by atoms with Crippen LogP contribution in [0.25, 0.3) is 10.2 Å². The molecule has 1 heterocycles. The first-order valence-electron chi connectivity index (χ1n) is 8.57. The first kappa shape index (κ1) is 20.5. The van der Waals surface area contributed by atoms with Gasteiger partial charge >= 0.3 is 0 Å². The van der Waals surface area contributed by atoms with E-state index in [1.165, 1.54) is 23.5 Å². The summed E-state index contributed by atoms with van der Waals surface area (Å²) in [5, 5.41) is 0.615. The summed E-state index contributed by atoms with van der Waals surface area (Å²) in [6, 6.07) is 11.8. The van der Waals surface area contributed by atoms with Gasteiger partial charge in [-0.1, -0.05) is 47.2 Å². The number of thiazole rings is 1. The lowest BCUT2D eigenvalue weighted by Gasteiger charge is -2.05. The fraction of sp³-hybridized carbons (Fsp3) is 0.200. The number of carbonyl (C=O) groups excluding carboxylic acids is 1. The number of allylic oxidation sites excluding steroid dienone is 1. The summed E-state index contributed by atoms with van der Waals surface area (Å²) < 4.78 is 27.5. The Kier molecular flexibility index (Phi) is 6.17. The second-order valence-electron chi connectivity index (χ2n) is 6.24. The first-order chi connectivity index (χ1) is 13.3. The van der Waals surface area contributed by atoms with Crippen LogP contribution in [0, 0.1) is 6.92 Å². The number of halogens is 1. The van der Waals surface area contributed by atoms with Crippen molar-refractivity contribution in [2.24, 2.45) is 4.99 Å². The summed E-state index contributed by atoms with van der Waals surface area (Å²) in [5.41, 5.74) is 1.92. The summed E-state index contributed by atoms with van der Waals surface area (Å²) in [7, 11) is -3.52. The number of benzene rings is 2. The predicted octanol–water partition coefficient (Wildman–Crippen LogP) is 4.14. The van der Waals surface area contributed by atoms with Gasteiger partial charge in [0.25, 0.3) is 0 Å². The number of hydrogen-bond donors (Lipinski definition) is 0. The molecule has 0 spiro atoms. The van der Waals surface area contributed by atoms with Gasteiger partial charge in [0.05, 0.1) is 20.9 Å². The molecule has 5 nitrogen and oxygen atoms in total. The smallest absolute Gasteiger partial charge is 0.249 e. The van der Waals surface area contributed by atoms with Crippen LogP contribution in [-0.4, -0.2) is 24.6 Å². The Bertz CT molecular complexity index is 1210. The second-order valence-corrected chi connectivity index (χ2v) is 9.80. The minimum absolute atomic E-state index is 0.181. The highest BCUT2D eigenvalue weighted by Gasteiger charge is 2.16. The Morgan fingerprint density at radius 2 is 2.00 bits per heavy atom. The van der Waals surface area contributed by atoms with Gasteiger partial charge in [0, 0.05) is 18.0 Å².